The van der Waals surface area contributed by atoms with Crippen molar-refractivity contribution in [2.45, 2.75) is 33.1 Å². The average molecular weight is 461 g/mol. The van der Waals surface area contributed by atoms with Crippen molar-refractivity contribution in [3.63, 3.8) is 0 Å². The van der Waals surface area contributed by atoms with Gasteiger partial charge in [-0.15, -0.1) is 13.2 Å². The second-order valence-electron chi connectivity index (χ2n) is 6.53. The molecule has 0 radical (unpaired) electrons. The molecule has 0 aliphatic carbocycles. The first-order valence-corrected chi connectivity index (χ1v) is 9.68. The van der Waals surface area contributed by atoms with Gasteiger partial charge in [0.2, 0.25) is 0 Å². The van der Waals surface area contributed by atoms with Gasteiger partial charge in [0, 0.05) is 35.8 Å². The number of nitrogens with one attached hydrogen (secondary N) is 1. The van der Waals surface area contributed by atoms with Crippen molar-refractivity contribution in [2.75, 3.05) is 6.61 Å². The van der Waals surface area contributed by atoms with Gasteiger partial charge in [0.05, 0.1) is 28.8 Å². The van der Waals surface area contributed by atoms with E-state index in [1.54, 1.807) is 20.0 Å². The first-order chi connectivity index (χ1) is 14.1. The lowest BCUT2D eigenvalue weighted by Crippen LogP contribution is -2.17. The second-order valence-corrected chi connectivity index (χ2v) is 7.31. The zero-order valence-electron chi connectivity index (χ0n) is 16.0. The van der Waals surface area contributed by atoms with Crippen LogP contribution in [0.3, 0.4) is 0 Å². The Hall–Kier alpha value is -2.45. The molecule has 1 aromatic carbocycles. The number of hydrogen-bond donors (Lipinski definition) is 1. The van der Waals surface area contributed by atoms with E-state index in [4.69, 9.17) is 27.9 Å². The van der Waals surface area contributed by atoms with E-state index in [1.807, 2.05) is 0 Å². The lowest BCUT2D eigenvalue weighted by molar-refractivity contribution is -0.274. The van der Waals surface area contributed by atoms with Gasteiger partial charge >= 0.3 is 12.3 Å². The first-order valence-electron chi connectivity index (χ1n) is 8.92. The number of halogens is 5. The van der Waals surface area contributed by atoms with E-state index in [-0.39, 0.29) is 30.2 Å². The highest BCUT2D eigenvalue weighted by atomic mass is 35.5. The van der Waals surface area contributed by atoms with Gasteiger partial charge in [-0.05, 0) is 36.6 Å². The van der Waals surface area contributed by atoms with Crippen LogP contribution < -0.4 is 4.74 Å². The van der Waals surface area contributed by atoms with Crippen LogP contribution in [-0.2, 0) is 22.4 Å². The lowest BCUT2D eigenvalue weighted by Gasteiger charge is -2.12. The molecule has 160 valence electrons. The minimum atomic E-state index is -4.77. The number of alkyl halides is 3. The van der Waals surface area contributed by atoms with Gasteiger partial charge in [-0.25, -0.2) is 0 Å². The predicted molar refractivity (Wildman–Crippen MR) is 107 cm³/mol. The third kappa shape index (κ3) is 4.99. The number of fused-ring (bicyclic) bond motifs is 1. The molecule has 2 aromatic heterocycles. The molecule has 1 N–H and O–H groups in total. The minimum absolute atomic E-state index is 0.0953. The summed E-state index contributed by atoms with van der Waals surface area (Å²) in [6, 6.07) is 2.59. The van der Waals surface area contributed by atoms with Gasteiger partial charge in [-0.1, -0.05) is 23.2 Å². The van der Waals surface area contributed by atoms with Gasteiger partial charge in [0.25, 0.3) is 0 Å². The van der Waals surface area contributed by atoms with Gasteiger partial charge < -0.3 is 14.5 Å². The van der Waals surface area contributed by atoms with Crippen molar-refractivity contribution >= 4 is 40.1 Å². The fraction of sp³-hybridized carbons (Fsp3) is 0.300. The summed E-state index contributed by atoms with van der Waals surface area (Å²) in [6.45, 7) is 3.63. The van der Waals surface area contributed by atoms with E-state index in [0.29, 0.717) is 27.4 Å². The summed E-state index contributed by atoms with van der Waals surface area (Å²) in [6.07, 6.45) is -1.50. The number of hydrogen-bond acceptors (Lipinski definition) is 4. The summed E-state index contributed by atoms with van der Waals surface area (Å²) in [7, 11) is 0. The number of ether oxygens (including phenoxy) is 2. The molecule has 3 rings (SSSR count). The molecule has 30 heavy (non-hydrogen) atoms. The standard InChI is InChI=1S/C20H17Cl2F3N2O3/c1-3-29-17(28)7-16-19(22)13(14(21)9-27-16)5-11-8-26-15-6-12(30-20(23,24)25)4-10(2)18(11)15/h4,6,8-9,26H,3,5,7H2,1-2H3. The highest BCUT2D eigenvalue weighted by Crippen LogP contribution is 2.34. The highest BCUT2D eigenvalue weighted by molar-refractivity contribution is 6.36. The molecule has 0 bridgehead atoms. The Morgan fingerprint density at radius 1 is 1.27 bits per heavy atom. The Balaban J connectivity index is 1.95. The zero-order chi connectivity index (χ0) is 22.1. The van der Waals surface area contributed by atoms with Gasteiger partial charge in [0.15, 0.2) is 0 Å². The van der Waals surface area contributed by atoms with Crippen molar-refractivity contribution < 1.29 is 27.4 Å². The number of carbonyl (C=O) groups excluding carboxylic acids is 1. The maximum absolute atomic E-state index is 12.5. The van der Waals surface area contributed by atoms with Crippen LogP contribution in [0.15, 0.2) is 24.5 Å². The number of aromatic nitrogens is 2. The first kappa shape index (κ1) is 22.2. The number of esters is 1. The quantitative estimate of drug-likeness (QED) is 0.474. The predicted octanol–water partition coefficient (Wildman–Crippen LogP) is 5.77. The molecule has 2 heterocycles. The number of H-pyrrole nitrogens is 1. The molecule has 0 amide bonds. The Morgan fingerprint density at radius 2 is 2.00 bits per heavy atom. The number of benzene rings is 1. The third-order valence-corrected chi connectivity index (χ3v) is 5.16. The number of rotatable bonds is 6. The van der Waals surface area contributed by atoms with E-state index in [1.165, 1.54) is 18.3 Å². The molecule has 0 unspecified atom stereocenters. The number of aryl methyl sites for hydroxylation is 1. The van der Waals surface area contributed by atoms with E-state index in [2.05, 4.69) is 14.7 Å². The Morgan fingerprint density at radius 3 is 2.67 bits per heavy atom. The Labute approximate surface area is 180 Å². The Kier molecular flexibility index (Phi) is 6.47. The van der Waals surface area contributed by atoms with Crippen LogP contribution in [0.4, 0.5) is 13.2 Å². The average Bonchev–Trinajstić information content (AvgIpc) is 3.03. The zero-order valence-corrected chi connectivity index (χ0v) is 17.5. The minimum Gasteiger partial charge on any atom is -0.466 e. The summed E-state index contributed by atoms with van der Waals surface area (Å²) in [5.41, 5.74) is 2.75. The monoisotopic (exact) mass is 460 g/mol. The second kappa shape index (κ2) is 8.73. The summed E-state index contributed by atoms with van der Waals surface area (Å²) < 4.78 is 46.5. The van der Waals surface area contributed by atoms with Crippen molar-refractivity contribution in [1.82, 2.24) is 9.97 Å². The summed E-state index contributed by atoms with van der Waals surface area (Å²) in [4.78, 5) is 18.9. The molecule has 0 aliphatic heterocycles. The van der Waals surface area contributed by atoms with Crippen LogP contribution in [0.5, 0.6) is 5.75 Å². The molecule has 0 fully saturated rings. The van der Waals surface area contributed by atoms with Crippen LogP contribution >= 0.6 is 23.2 Å². The molecule has 0 saturated heterocycles. The van der Waals surface area contributed by atoms with Crippen LogP contribution in [0, 0.1) is 6.92 Å². The molecular formula is C20H17Cl2F3N2O3. The molecule has 0 saturated carbocycles. The van der Waals surface area contributed by atoms with Crippen molar-refractivity contribution in [1.29, 1.82) is 0 Å². The van der Waals surface area contributed by atoms with E-state index < -0.39 is 12.3 Å². The maximum atomic E-state index is 12.5. The number of nitrogens with zero attached hydrogens (tertiary/aromatic N) is 1. The molecule has 0 spiro atoms. The van der Waals surface area contributed by atoms with E-state index in [9.17, 15) is 18.0 Å². The largest absolute Gasteiger partial charge is 0.573 e. The van der Waals surface area contributed by atoms with Gasteiger partial charge in [-0.2, -0.15) is 0 Å². The van der Waals surface area contributed by atoms with E-state index in [0.717, 1.165) is 10.9 Å². The molecular weight excluding hydrogens is 444 g/mol. The molecule has 5 nitrogen and oxygen atoms in total. The smallest absolute Gasteiger partial charge is 0.466 e. The van der Waals surface area contributed by atoms with Crippen molar-refractivity contribution in [3.05, 3.63) is 57.0 Å². The number of aromatic amines is 1. The molecule has 3 aromatic rings. The van der Waals surface area contributed by atoms with Crippen molar-refractivity contribution in [2.24, 2.45) is 0 Å². The molecule has 0 aliphatic rings. The number of pyridine rings is 1. The third-order valence-electron chi connectivity index (χ3n) is 4.39. The molecule has 0 atom stereocenters. The maximum Gasteiger partial charge on any atom is 0.573 e. The van der Waals surface area contributed by atoms with Crippen LogP contribution in [0.25, 0.3) is 10.9 Å². The van der Waals surface area contributed by atoms with Crippen LogP contribution in [0.1, 0.15) is 29.3 Å². The van der Waals surface area contributed by atoms with Gasteiger partial charge in [0.1, 0.15) is 5.75 Å². The summed E-state index contributed by atoms with van der Waals surface area (Å²) >= 11 is 12.7. The topological polar surface area (TPSA) is 64.2 Å². The summed E-state index contributed by atoms with van der Waals surface area (Å²) in [5.74, 6) is -0.766. The molecule has 10 heteroatoms. The SMILES string of the molecule is CCOC(=O)Cc1ncc(Cl)c(Cc2c[nH]c3cc(OC(F)(F)F)cc(C)c23)c1Cl. The lowest BCUT2D eigenvalue weighted by atomic mass is 10.0. The van der Waals surface area contributed by atoms with Crippen LogP contribution in [0.2, 0.25) is 10.0 Å². The highest BCUT2D eigenvalue weighted by Gasteiger charge is 2.31. The van der Waals surface area contributed by atoms with Gasteiger partial charge in [-0.3, -0.25) is 9.78 Å². The normalized spacial score (nSPS) is 11.7. The van der Waals surface area contributed by atoms with Crippen LogP contribution in [-0.4, -0.2) is 28.9 Å². The number of carbonyl (C=O) groups is 1. The fourth-order valence-electron chi connectivity index (χ4n) is 3.24. The Bertz CT molecular complexity index is 1100. The van der Waals surface area contributed by atoms with E-state index >= 15 is 0 Å². The fourth-order valence-corrected chi connectivity index (χ4v) is 3.78. The summed E-state index contributed by atoms with van der Waals surface area (Å²) in [5, 5.41) is 1.30. The van der Waals surface area contributed by atoms with Crippen molar-refractivity contribution in [3.8, 4) is 5.75 Å².